The fraction of sp³-hybridized carbons (Fsp3) is 0.385. The van der Waals surface area contributed by atoms with Crippen molar-refractivity contribution in [1.82, 2.24) is 20.4 Å². The van der Waals surface area contributed by atoms with Crippen LogP contribution in [0.5, 0.6) is 0 Å². The van der Waals surface area contributed by atoms with E-state index >= 15 is 0 Å². The van der Waals surface area contributed by atoms with Crippen molar-refractivity contribution in [3.05, 3.63) is 28.4 Å². The number of carbonyl (C=O) groups is 1. The number of H-pyrrole nitrogens is 1. The molecular weight excluding hydrogens is 344 g/mol. The van der Waals surface area contributed by atoms with Gasteiger partial charge in [0.25, 0.3) is 5.91 Å². The summed E-state index contributed by atoms with van der Waals surface area (Å²) in [6.07, 6.45) is 0.984. The van der Waals surface area contributed by atoms with Crippen molar-refractivity contribution in [1.29, 1.82) is 0 Å². The summed E-state index contributed by atoms with van der Waals surface area (Å²) >= 11 is 3.43. The first kappa shape index (κ1) is 15.3. The Bertz CT molecular complexity index is 607. The van der Waals surface area contributed by atoms with Crippen molar-refractivity contribution in [2.45, 2.75) is 6.42 Å². The normalized spacial score (nSPS) is 15.8. The zero-order valence-corrected chi connectivity index (χ0v) is 13.3. The molecule has 2 N–H and O–H groups in total. The van der Waals surface area contributed by atoms with Crippen LogP contribution in [0, 0.1) is 0 Å². The molecule has 0 saturated carbocycles. The lowest BCUT2D eigenvalue weighted by Gasteiger charge is -2.18. The highest BCUT2D eigenvalue weighted by molar-refractivity contribution is 9.10. The smallest absolute Gasteiger partial charge is 0.275 e. The standard InChI is InChI=1S/C13H15BrN4O.ClH/c14-9-2-3-11-10(8-9)12(17-16-11)13(19)18-6-1-4-15-5-7-18;/h2-3,8,15H,1,4-7H2,(H,16,17);1H. The number of aromatic amines is 1. The molecule has 2 aromatic rings. The maximum atomic E-state index is 12.5. The van der Waals surface area contributed by atoms with E-state index in [1.165, 1.54) is 0 Å². The summed E-state index contributed by atoms with van der Waals surface area (Å²) in [5.74, 6) is 0.00745. The molecule has 20 heavy (non-hydrogen) atoms. The Hall–Kier alpha value is -1.11. The number of benzene rings is 1. The van der Waals surface area contributed by atoms with E-state index in [2.05, 4.69) is 31.4 Å². The second-order valence-corrected chi connectivity index (χ2v) is 5.57. The lowest BCUT2D eigenvalue weighted by Crippen LogP contribution is -2.34. The molecule has 1 aliphatic rings. The van der Waals surface area contributed by atoms with E-state index in [1.807, 2.05) is 23.1 Å². The number of nitrogens with one attached hydrogen (secondary N) is 2. The van der Waals surface area contributed by atoms with Gasteiger partial charge >= 0.3 is 0 Å². The van der Waals surface area contributed by atoms with E-state index in [4.69, 9.17) is 0 Å². The molecule has 3 rings (SSSR count). The van der Waals surface area contributed by atoms with Crippen LogP contribution in [0.25, 0.3) is 10.9 Å². The minimum Gasteiger partial charge on any atom is -0.336 e. The first-order chi connectivity index (χ1) is 9.25. The fourth-order valence-corrected chi connectivity index (χ4v) is 2.71. The Morgan fingerprint density at radius 3 is 3.00 bits per heavy atom. The van der Waals surface area contributed by atoms with Crippen LogP contribution in [0.3, 0.4) is 0 Å². The van der Waals surface area contributed by atoms with Crippen LogP contribution in [-0.4, -0.2) is 47.2 Å². The molecule has 1 aromatic heterocycles. The minimum atomic E-state index is 0. The van der Waals surface area contributed by atoms with Gasteiger partial charge in [-0.1, -0.05) is 15.9 Å². The lowest BCUT2D eigenvalue weighted by atomic mass is 10.2. The summed E-state index contributed by atoms with van der Waals surface area (Å²) in [6.45, 7) is 3.34. The predicted octanol–water partition coefficient (Wildman–Crippen LogP) is 2.18. The Morgan fingerprint density at radius 1 is 1.30 bits per heavy atom. The Morgan fingerprint density at radius 2 is 2.15 bits per heavy atom. The average Bonchev–Trinajstić information content (AvgIpc) is 2.64. The molecule has 1 saturated heterocycles. The number of halogens is 2. The number of carbonyl (C=O) groups excluding carboxylic acids is 1. The van der Waals surface area contributed by atoms with Gasteiger partial charge in [-0.15, -0.1) is 12.4 Å². The van der Waals surface area contributed by atoms with Crippen molar-refractivity contribution in [3.8, 4) is 0 Å². The number of fused-ring (bicyclic) bond motifs is 1. The largest absolute Gasteiger partial charge is 0.336 e. The van der Waals surface area contributed by atoms with Gasteiger partial charge in [-0.25, -0.2) is 0 Å². The SMILES string of the molecule is Cl.O=C(c1n[nH]c2ccc(Br)cc12)N1CCCNCC1. The zero-order valence-electron chi connectivity index (χ0n) is 10.9. The van der Waals surface area contributed by atoms with E-state index in [0.717, 1.165) is 48.0 Å². The molecule has 1 aromatic carbocycles. The number of hydrogen-bond donors (Lipinski definition) is 2. The van der Waals surface area contributed by atoms with E-state index in [-0.39, 0.29) is 18.3 Å². The van der Waals surface area contributed by atoms with E-state index in [9.17, 15) is 4.79 Å². The molecular formula is C13H16BrClN4O. The van der Waals surface area contributed by atoms with Gasteiger partial charge < -0.3 is 10.2 Å². The number of rotatable bonds is 1. The van der Waals surface area contributed by atoms with Crippen molar-refractivity contribution < 1.29 is 4.79 Å². The first-order valence-electron chi connectivity index (χ1n) is 6.39. The van der Waals surface area contributed by atoms with Crippen molar-refractivity contribution >= 4 is 45.1 Å². The van der Waals surface area contributed by atoms with Gasteiger partial charge in [0.15, 0.2) is 5.69 Å². The van der Waals surface area contributed by atoms with E-state index in [1.54, 1.807) is 0 Å². The highest BCUT2D eigenvalue weighted by atomic mass is 79.9. The van der Waals surface area contributed by atoms with Crippen molar-refractivity contribution in [2.75, 3.05) is 26.2 Å². The van der Waals surface area contributed by atoms with Gasteiger partial charge in [-0.05, 0) is 31.2 Å². The van der Waals surface area contributed by atoms with Gasteiger partial charge in [0.05, 0.1) is 5.52 Å². The molecule has 0 unspecified atom stereocenters. The van der Waals surface area contributed by atoms with Gasteiger partial charge in [0.1, 0.15) is 0 Å². The van der Waals surface area contributed by atoms with Crippen LogP contribution in [0.4, 0.5) is 0 Å². The third-order valence-corrected chi connectivity index (χ3v) is 3.85. The fourth-order valence-electron chi connectivity index (χ4n) is 2.35. The molecule has 5 nitrogen and oxygen atoms in total. The molecule has 1 fully saturated rings. The second-order valence-electron chi connectivity index (χ2n) is 4.66. The molecule has 1 amide bonds. The van der Waals surface area contributed by atoms with E-state index in [0.29, 0.717) is 5.69 Å². The summed E-state index contributed by atoms with van der Waals surface area (Å²) < 4.78 is 0.952. The van der Waals surface area contributed by atoms with Crippen molar-refractivity contribution in [3.63, 3.8) is 0 Å². The van der Waals surface area contributed by atoms with Crippen LogP contribution in [0.2, 0.25) is 0 Å². The highest BCUT2D eigenvalue weighted by Crippen LogP contribution is 2.22. The molecule has 2 heterocycles. The second kappa shape index (κ2) is 6.56. The summed E-state index contributed by atoms with van der Waals surface area (Å²) in [4.78, 5) is 14.4. The van der Waals surface area contributed by atoms with Crippen LogP contribution in [0.1, 0.15) is 16.9 Å². The van der Waals surface area contributed by atoms with Gasteiger partial charge in [-0.2, -0.15) is 5.10 Å². The first-order valence-corrected chi connectivity index (χ1v) is 7.18. The summed E-state index contributed by atoms with van der Waals surface area (Å²) in [5, 5.41) is 11.3. The predicted molar refractivity (Wildman–Crippen MR) is 84.4 cm³/mol. The average molecular weight is 360 g/mol. The van der Waals surface area contributed by atoms with E-state index < -0.39 is 0 Å². The minimum absolute atomic E-state index is 0. The molecule has 108 valence electrons. The third-order valence-electron chi connectivity index (χ3n) is 3.35. The number of hydrogen-bond acceptors (Lipinski definition) is 3. The van der Waals surface area contributed by atoms with Crippen molar-refractivity contribution in [2.24, 2.45) is 0 Å². The Labute approximate surface area is 131 Å². The summed E-state index contributed by atoms with van der Waals surface area (Å²) in [5.41, 5.74) is 1.40. The van der Waals surface area contributed by atoms with Crippen LogP contribution >= 0.6 is 28.3 Å². The summed E-state index contributed by atoms with van der Waals surface area (Å²) in [6, 6.07) is 5.79. The van der Waals surface area contributed by atoms with Gasteiger partial charge in [0.2, 0.25) is 0 Å². The topological polar surface area (TPSA) is 61.0 Å². The maximum Gasteiger partial charge on any atom is 0.275 e. The molecule has 0 bridgehead atoms. The number of aromatic nitrogens is 2. The van der Waals surface area contributed by atoms with Crippen LogP contribution < -0.4 is 5.32 Å². The molecule has 0 atom stereocenters. The zero-order chi connectivity index (χ0) is 13.2. The Balaban J connectivity index is 0.00000147. The molecule has 7 heteroatoms. The quantitative estimate of drug-likeness (QED) is 0.820. The molecule has 0 radical (unpaired) electrons. The molecule has 0 aliphatic carbocycles. The summed E-state index contributed by atoms with van der Waals surface area (Å²) in [7, 11) is 0. The van der Waals surface area contributed by atoms with Gasteiger partial charge in [0, 0.05) is 29.5 Å². The number of amides is 1. The molecule has 0 spiro atoms. The molecule has 1 aliphatic heterocycles. The monoisotopic (exact) mass is 358 g/mol. The van der Waals surface area contributed by atoms with Crippen LogP contribution in [-0.2, 0) is 0 Å². The third kappa shape index (κ3) is 2.97. The van der Waals surface area contributed by atoms with Gasteiger partial charge in [-0.3, -0.25) is 9.89 Å². The highest BCUT2D eigenvalue weighted by Gasteiger charge is 2.21. The maximum absolute atomic E-state index is 12.5. The lowest BCUT2D eigenvalue weighted by molar-refractivity contribution is 0.0762. The Kier molecular flexibility index (Phi) is 5.01. The van der Waals surface area contributed by atoms with Crippen LogP contribution in [0.15, 0.2) is 22.7 Å². The number of nitrogens with zero attached hydrogens (tertiary/aromatic N) is 2.